The van der Waals surface area contributed by atoms with Gasteiger partial charge in [0.05, 0.1) is 17.4 Å². The van der Waals surface area contributed by atoms with Crippen LogP contribution in [0, 0.1) is 0 Å². The Morgan fingerprint density at radius 3 is 3.18 bits per heavy atom. The molecule has 1 N–H and O–H groups in total. The maximum Gasteiger partial charge on any atom is 0.152 e. The van der Waals surface area contributed by atoms with Crippen LogP contribution in [0.1, 0.15) is 5.69 Å². The number of nitrogens with zero attached hydrogens (tertiary/aromatic N) is 4. The molecule has 0 amide bonds. The summed E-state index contributed by atoms with van der Waals surface area (Å²) in [4.78, 5) is 8.55. The van der Waals surface area contributed by atoms with E-state index in [0.717, 1.165) is 30.0 Å². The molecule has 0 spiro atoms. The average Bonchev–Trinajstić information content (AvgIpc) is 2.99. The summed E-state index contributed by atoms with van der Waals surface area (Å²) in [5, 5.41) is 9.53. The van der Waals surface area contributed by atoms with Gasteiger partial charge in [-0.3, -0.25) is 0 Å². The molecule has 0 aliphatic heterocycles. The van der Waals surface area contributed by atoms with Crippen molar-refractivity contribution >= 4 is 22.7 Å². The predicted molar refractivity (Wildman–Crippen MR) is 67.3 cm³/mol. The van der Waals surface area contributed by atoms with E-state index in [-0.39, 0.29) is 0 Å². The highest BCUT2D eigenvalue weighted by molar-refractivity contribution is 7.07. The van der Waals surface area contributed by atoms with Crippen molar-refractivity contribution in [1.82, 2.24) is 19.6 Å². The van der Waals surface area contributed by atoms with E-state index in [1.54, 1.807) is 28.2 Å². The largest absolute Gasteiger partial charge is 0.368 e. The number of hydrogen-bond acceptors (Lipinski definition) is 5. The van der Waals surface area contributed by atoms with Crippen LogP contribution < -0.4 is 5.32 Å². The van der Waals surface area contributed by atoms with E-state index in [4.69, 9.17) is 0 Å². The monoisotopic (exact) mass is 245 g/mol. The van der Waals surface area contributed by atoms with Crippen molar-refractivity contribution in [2.75, 3.05) is 11.9 Å². The number of hydrogen-bond donors (Lipinski definition) is 1. The van der Waals surface area contributed by atoms with Crippen molar-refractivity contribution in [2.24, 2.45) is 0 Å². The molecule has 0 bridgehead atoms. The first-order chi connectivity index (χ1) is 8.43. The second kappa shape index (κ2) is 4.50. The van der Waals surface area contributed by atoms with Gasteiger partial charge in [-0.1, -0.05) is 0 Å². The molecule has 17 heavy (non-hydrogen) atoms. The van der Waals surface area contributed by atoms with Crippen LogP contribution in [0.25, 0.3) is 5.52 Å². The highest BCUT2D eigenvalue weighted by atomic mass is 32.1. The van der Waals surface area contributed by atoms with Gasteiger partial charge < -0.3 is 5.32 Å². The van der Waals surface area contributed by atoms with Crippen LogP contribution in [0.15, 0.2) is 35.5 Å². The zero-order valence-corrected chi connectivity index (χ0v) is 9.89. The van der Waals surface area contributed by atoms with Crippen molar-refractivity contribution in [3.05, 3.63) is 41.2 Å². The molecule has 86 valence electrons. The van der Waals surface area contributed by atoms with Gasteiger partial charge >= 0.3 is 0 Å². The third-order valence-corrected chi connectivity index (χ3v) is 3.12. The minimum Gasteiger partial charge on any atom is -0.368 e. The van der Waals surface area contributed by atoms with Gasteiger partial charge in [-0.15, -0.1) is 11.3 Å². The lowest BCUT2D eigenvalue weighted by Gasteiger charge is -2.05. The van der Waals surface area contributed by atoms with E-state index in [1.165, 1.54) is 0 Å². The maximum absolute atomic E-state index is 4.31. The molecule has 0 aromatic carbocycles. The Balaban J connectivity index is 1.70. The van der Waals surface area contributed by atoms with E-state index < -0.39 is 0 Å². The zero-order valence-electron chi connectivity index (χ0n) is 9.08. The molecule has 3 aromatic heterocycles. The van der Waals surface area contributed by atoms with Crippen molar-refractivity contribution in [2.45, 2.75) is 6.42 Å². The minimum absolute atomic E-state index is 0.821. The van der Waals surface area contributed by atoms with Gasteiger partial charge in [0.2, 0.25) is 0 Å². The molecule has 0 unspecified atom stereocenters. The summed E-state index contributed by atoms with van der Waals surface area (Å²) >= 11 is 1.62. The summed E-state index contributed by atoms with van der Waals surface area (Å²) in [5.41, 5.74) is 3.96. The molecule has 0 fully saturated rings. The van der Waals surface area contributed by atoms with E-state index in [9.17, 15) is 0 Å². The van der Waals surface area contributed by atoms with Crippen molar-refractivity contribution in [1.29, 1.82) is 0 Å². The van der Waals surface area contributed by atoms with Gasteiger partial charge in [-0.25, -0.2) is 14.5 Å². The van der Waals surface area contributed by atoms with Gasteiger partial charge in [0.25, 0.3) is 0 Å². The summed E-state index contributed by atoms with van der Waals surface area (Å²) < 4.78 is 1.80. The minimum atomic E-state index is 0.821. The van der Waals surface area contributed by atoms with Gasteiger partial charge in [0.1, 0.15) is 5.52 Å². The molecular weight excluding hydrogens is 234 g/mol. The summed E-state index contributed by atoms with van der Waals surface area (Å²) in [6, 6.07) is 1.94. The summed E-state index contributed by atoms with van der Waals surface area (Å²) in [6.45, 7) is 0.821. The number of thiazole rings is 1. The number of rotatable bonds is 4. The second-order valence-electron chi connectivity index (χ2n) is 3.59. The first kappa shape index (κ1) is 10.2. The Kier molecular flexibility index (Phi) is 2.71. The van der Waals surface area contributed by atoms with Gasteiger partial charge in [0.15, 0.2) is 5.82 Å². The number of nitrogens with one attached hydrogen (secondary N) is 1. The quantitative estimate of drug-likeness (QED) is 0.762. The third-order valence-electron chi connectivity index (χ3n) is 2.48. The molecule has 0 aliphatic rings. The maximum atomic E-state index is 4.31. The molecular formula is C11H11N5S. The average molecular weight is 245 g/mol. The standard InChI is InChI=1S/C11H11N5S/c1(9-7-17-8-14-9)3-12-11-10-2-4-15-16(10)6-5-13-11/h2,4-8H,1,3H2,(H,12,13). The van der Waals surface area contributed by atoms with Gasteiger partial charge in [-0.05, 0) is 6.07 Å². The first-order valence-electron chi connectivity index (χ1n) is 5.33. The van der Waals surface area contributed by atoms with Crippen molar-refractivity contribution in [3.8, 4) is 0 Å². The summed E-state index contributed by atoms with van der Waals surface area (Å²) in [7, 11) is 0. The van der Waals surface area contributed by atoms with Crippen molar-refractivity contribution in [3.63, 3.8) is 0 Å². The van der Waals surface area contributed by atoms with Crippen LogP contribution in [-0.2, 0) is 6.42 Å². The molecule has 6 heteroatoms. The lowest BCUT2D eigenvalue weighted by Crippen LogP contribution is -2.07. The van der Waals surface area contributed by atoms with Gasteiger partial charge in [0, 0.05) is 30.7 Å². The molecule has 3 aromatic rings. The van der Waals surface area contributed by atoms with Gasteiger partial charge in [-0.2, -0.15) is 5.10 Å². The number of anilines is 1. The van der Waals surface area contributed by atoms with E-state index in [1.807, 2.05) is 17.8 Å². The lowest BCUT2D eigenvalue weighted by atomic mass is 10.3. The van der Waals surface area contributed by atoms with Crippen LogP contribution in [-0.4, -0.2) is 26.1 Å². The molecule has 0 aliphatic carbocycles. The second-order valence-corrected chi connectivity index (χ2v) is 4.31. The highest BCUT2D eigenvalue weighted by Crippen LogP contribution is 2.12. The molecule has 0 saturated heterocycles. The Morgan fingerprint density at radius 1 is 1.29 bits per heavy atom. The first-order valence-corrected chi connectivity index (χ1v) is 6.27. The Bertz CT molecular complexity index is 601. The van der Waals surface area contributed by atoms with E-state index >= 15 is 0 Å². The molecule has 0 atom stereocenters. The van der Waals surface area contributed by atoms with Crippen LogP contribution in [0.3, 0.4) is 0 Å². The Morgan fingerprint density at radius 2 is 2.29 bits per heavy atom. The van der Waals surface area contributed by atoms with Crippen LogP contribution in [0.2, 0.25) is 0 Å². The normalized spacial score (nSPS) is 10.8. The molecule has 0 radical (unpaired) electrons. The predicted octanol–water partition coefficient (Wildman–Crippen LogP) is 1.84. The molecule has 3 rings (SSSR count). The molecule has 3 heterocycles. The van der Waals surface area contributed by atoms with Crippen LogP contribution in [0.4, 0.5) is 5.82 Å². The highest BCUT2D eigenvalue weighted by Gasteiger charge is 2.02. The SMILES string of the molecule is c1cn2nccc2c(NCCc2cscn2)n1. The zero-order chi connectivity index (χ0) is 11.5. The molecule has 5 nitrogen and oxygen atoms in total. The Labute approximate surface area is 102 Å². The number of fused-ring (bicyclic) bond motifs is 1. The fourth-order valence-electron chi connectivity index (χ4n) is 1.66. The Hall–Kier alpha value is -1.95. The number of aromatic nitrogens is 4. The van der Waals surface area contributed by atoms with Crippen molar-refractivity contribution < 1.29 is 0 Å². The fraction of sp³-hybridized carbons (Fsp3) is 0.182. The summed E-state index contributed by atoms with van der Waals surface area (Å²) in [6.07, 6.45) is 6.25. The van der Waals surface area contributed by atoms with E-state index in [2.05, 4.69) is 25.8 Å². The van der Waals surface area contributed by atoms with Crippen LogP contribution >= 0.6 is 11.3 Å². The molecule has 0 saturated carbocycles. The smallest absolute Gasteiger partial charge is 0.152 e. The van der Waals surface area contributed by atoms with E-state index in [0.29, 0.717) is 0 Å². The fourth-order valence-corrected chi connectivity index (χ4v) is 2.26. The summed E-state index contributed by atoms with van der Waals surface area (Å²) in [5.74, 6) is 0.861. The topological polar surface area (TPSA) is 55.1 Å². The third kappa shape index (κ3) is 2.12. The van der Waals surface area contributed by atoms with Crippen LogP contribution in [0.5, 0.6) is 0 Å². The lowest BCUT2D eigenvalue weighted by molar-refractivity contribution is 0.931.